The van der Waals surface area contributed by atoms with Gasteiger partial charge in [0.25, 0.3) is 0 Å². The minimum absolute atomic E-state index is 0.490. The molecule has 3 heteroatoms. The van der Waals surface area contributed by atoms with Gasteiger partial charge in [-0.3, -0.25) is 4.98 Å². The molecule has 23 heavy (non-hydrogen) atoms. The maximum Gasteiger partial charge on any atom is 0.0312 e. The van der Waals surface area contributed by atoms with E-state index in [-0.39, 0.29) is 0 Å². The van der Waals surface area contributed by atoms with E-state index in [4.69, 9.17) is 0 Å². The Morgan fingerprint density at radius 3 is 2.83 bits per heavy atom. The van der Waals surface area contributed by atoms with Gasteiger partial charge >= 0.3 is 0 Å². The number of thioether (sulfide) groups is 1. The number of pyridine rings is 1. The van der Waals surface area contributed by atoms with E-state index in [1.807, 2.05) is 30.2 Å². The molecule has 1 unspecified atom stereocenters. The van der Waals surface area contributed by atoms with Crippen molar-refractivity contribution in [1.29, 1.82) is 0 Å². The lowest BCUT2D eigenvalue weighted by Crippen LogP contribution is -2.26. The van der Waals surface area contributed by atoms with Gasteiger partial charge in [-0.25, -0.2) is 0 Å². The second kappa shape index (κ2) is 8.90. The smallest absolute Gasteiger partial charge is 0.0312 e. The summed E-state index contributed by atoms with van der Waals surface area (Å²) in [5.41, 5.74) is 2.84. The molecule has 1 aliphatic rings. The quantitative estimate of drug-likeness (QED) is 0.608. The molecule has 1 N–H and O–H groups in total. The first-order valence-corrected chi connectivity index (χ1v) is 9.38. The van der Waals surface area contributed by atoms with Gasteiger partial charge in [-0.05, 0) is 43.0 Å². The zero-order valence-corrected chi connectivity index (χ0v) is 14.3. The molecule has 1 heterocycles. The second-order valence-corrected chi connectivity index (χ2v) is 7.07. The average Bonchev–Trinajstić information content (AvgIpc) is 2.85. The molecule has 2 nitrogen and oxygen atoms in total. The molecule has 1 aromatic carbocycles. The maximum absolute atomic E-state index is 4.19. The van der Waals surface area contributed by atoms with Crippen molar-refractivity contribution in [3.8, 4) is 0 Å². The van der Waals surface area contributed by atoms with E-state index in [9.17, 15) is 0 Å². The minimum Gasteiger partial charge on any atom is -0.306 e. The fourth-order valence-corrected chi connectivity index (χ4v) is 3.84. The van der Waals surface area contributed by atoms with Gasteiger partial charge in [0, 0.05) is 35.6 Å². The summed E-state index contributed by atoms with van der Waals surface area (Å²) in [7, 11) is 0. The standard InChI is InChI=1S/C20H24N2S/c1-2-10-20(11-3-1)23-16-17-7-4-5-9-19(13-17)22-15-18-8-6-12-21-14-18/h1-3,6,8,10-14,19,22H,4-5,7,9,15-16H2. The highest BCUT2D eigenvalue weighted by molar-refractivity contribution is 7.99. The van der Waals surface area contributed by atoms with Crippen LogP contribution in [-0.2, 0) is 6.54 Å². The van der Waals surface area contributed by atoms with Gasteiger partial charge in [0.15, 0.2) is 0 Å². The summed E-state index contributed by atoms with van der Waals surface area (Å²) in [6, 6.07) is 15.3. The Morgan fingerprint density at radius 1 is 1.09 bits per heavy atom. The highest BCUT2D eigenvalue weighted by Gasteiger charge is 2.12. The number of aromatic nitrogens is 1. The van der Waals surface area contributed by atoms with Crippen LogP contribution < -0.4 is 5.32 Å². The molecule has 0 bridgehead atoms. The Hall–Kier alpha value is -1.58. The van der Waals surface area contributed by atoms with Crippen molar-refractivity contribution >= 4 is 11.8 Å². The van der Waals surface area contributed by atoms with E-state index < -0.39 is 0 Å². The lowest BCUT2D eigenvalue weighted by molar-refractivity contribution is 0.538. The van der Waals surface area contributed by atoms with E-state index >= 15 is 0 Å². The number of nitrogens with one attached hydrogen (secondary N) is 1. The first-order chi connectivity index (χ1) is 11.4. The van der Waals surface area contributed by atoms with Crippen molar-refractivity contribution in [2.45, 2.75) is 43.2 Å². The molecular weight excluding hydrogens is 300 g/mol. The van der Waals surface area contributed by atoms with Crippen molar-refractivity contribution in [2.24, 2.45) is 0 Å². The molecule has 0 saturated carbocycles. The SMILES string of the molecule is C1=C(CSc2ccccc2)CCCCC1NCc1cccnc1. The molecular formula is C20H24N2S. The molecule has 0 saturated heterocycles. The second-order valence-electron chi connectivity index (χ2n) is 6.02. The largest absolute Gasteiger partial charge is 0.306 e. The van der Waals surface area contributed by atoms with Crippen LogP contribution in [0.1, 0.15) is 31.2 Å². The average molecular weight is 324 g/mol. The highest BCUT2D eigenvalue weighted by atomic mass is 32.2. The molecule has 1 aliphatic carbocycles. The normalized spacial score (nSPS) is 18.3. The van der Waals surface area contributed by atoms with Gasteiger partial charge in [0.2, 0.25) is 0 Å². The van der Waals surface area contributed by atoms with Crippen LogP contribution in [0.2, 0.25) is 0 Å². The van der Waals surface area contributed by atoms with Crippen LogP contribution in [0.5, 0.6) is 0 Å². The van der Waals surface area contributed by atoms with Crippen LogP contribution in [0, 0.1) is 0 Å². The highest BCUT2D eigenvalue weighted by Crippen LogP contribution is 2.25. The summed E-state index contributed by atoms with van der Waals surface area (Å²) in [5, 5.41) is 3.68. The lowest BCUT2D eigenvalue weighted by atomic mass is 10.1. The van der Waals surface area contributed by atoms with E-state index in [1.165, 1.54) is 36.1 Å². The third-order valence-electron chi connectivity index (χ3n) is 4.16. The van der Waals surface area contributed by atoms with E-state index in [0.29, 0.717) is 6.04 Å². The summed E-state index contributed by atoms with van der Waals surface area (Å²) >= 11 is 1.95. The monoisotopic (exact) mass is 324 g/mol. The molecule has 2 aromatic rings. The number of hydrogen-bond acceptors (Lipinski definition) is 3. The fraction of sp³-hybridized carbons (Fsp3) is 0.350. The van der Waals surface area contributed by atoms with E-state index in [0.717, 1.165) is 12.3 Å². The molecule has 0 spiro atoms. The fourth-order valence-electron chi connectivity index (χ4n) is 2.89. The van der Waals surface area contributed by atoms with Crippen molar-refractivity contribution in [1.82, 2.24) is 10.3 Å². The summed E-state index contributed by atoms with van der Waals surface area (Å²) in [6.07, 6.45) is 11.3. The van der Waals surface area contributed by atoms with Crippen LogP contribution in [-0.4, -0.2) is 16.8 Å². The Balaban J connectivity index is 1.55. The Bertz CT molecular complexity index is 610. The molecule has 0 radical (unpaired) electrons. The third-order valence-corrected chi connectivity index (χ3v) is 5.28. The van der Waals surface area contributed by atoms with Crippen molar-refractivity contribution in [3.63, 3.8) is 0 Å². The van der Waals surface area contributed by atoms with Crippen molar-refractivity contribution in [3.05, 3.63) is 72.1 Å². The Labute approximate surface area is 143 Å². The number of nitrogens with zero attached hydrogens (tertiary/aromatic N) is 1. The molecule has 0 aliphatic heterocycles. The molecule has 1 aromatic heterocycles. The number of hydrogen-bond donors (Lipinski definition) is 1. The predicted octanol–water partition coefficient (Wildman–Crippen LogP) is 4.83. The molecule has 120 valence electrons. The van der Waals surface area contributed by atoms with Gasteiger partial charge in [-0.1, -0.05) is 42.3 Å². The zero-order chi connectivity index (χ0) is 15.7. The summed E-state index contributed by atoms with van der Waals surface area (Å²) < 4.78 is 0. The van der Waals surface area contributed by atoms with Gasteiger partial charge < -0.3 is 5.32 Å². The molecule has 1 atom stereocenters. The Morgan fingerprint density at radius 2 is 2.00 bits per heavy atom. The third kappa shape index (κ3) is 5.52. The number of rotatable bonds is 6. The van der Waals surface area contributed by atoms with E-state index in [1.54, 1.807) is 5.57 Å². The minimum atomic E-state index is 0.490. The summed E-state index contributed by atoms with van der Waals surface area (Å²) in [4.78, 5) is 5.54. The van der Waals surface area contributed by atoms with Gasteiger partial charge in [-0.15, -0.1) is 11.8 Å². The van der Waals surface area contributed by atoms with Crippen LogP contribution in [0.3, 0.4) is 0 Å². The van der Waals surface area contributed by atoms with Gasteiger partial charge in [0.05, 0.1) is 0 Å². The Kier molecular flexibility index (Phi) is 6.30. The van der Waals surface area contributed by atoms with Crippen LogP contribution in [0.4, 0.5) is 0 Å². The zero-order valence-electron chi connectivity index (χ0n) is 13.4. The van der Waals surface area contributed by atoms with Crippen LogP contribution in [0.15, 0.2) is 71.4 Å². The van der Waals surface area contributed by atoms with E-state index in [2.05, 4.69) is 52.8 Å². The van der Waals surface area contributed by atoms with Crippen LogP contribution >= 0.6 is 11.8 Å². The van der Waals surface area contributed by atoms with Gasteiger partial charge in [-0.2, -0.15) is 0 Å². The lowest BCUT2D eigenvalue weighted by Gasteiger charge is -2.14. The van der Waals surface area contributed by atoms with Crippen molar-refractivity contribution < 1.29 is 0 Å². The topological polar surface area (TPSA) is 24.9 Å². The van der Waals surface area contributed by atoms with Gasteiger partial charge in [0.1, 0.15) is 0 Å². The van der Waals surface area contributed by atoms with Crippen molar-refractivity contribution in [2.75, 3.05) is 5.75 Å². The first kappa shape index (κ1) is 16.3. The summed E-state index contributed by atoms with van der Waals surface area (Å²) in [5.74, 6) is 1.11. The molecule has 3 rings (SSSR count). The van der Waals surface area contributed by atoms with Crippen LogP contribution in [0.25, 0.3) is 0 Å². The molecule has 0 fully saturated rings. The maximum atomic E-state index is 4.19. The first-order valence-electron chi connectivity index (χ1n) is 8.40. The summed E-state index contributed by atoms with van der Waals surface area (Å²) in [6.45, 7) is 0.897. The molecule has 0 amide bonds. The number of benzene rings is 1. The predicted molar refractivity (Wildman–Crippen MR) is 98.6 cm³/mol.